The lowest BCUT2D eigenvalue weighted by Gasteiger charge is -2.18. The van der Waals surface area contributed by atoms with Crippen molar-refractivity contribution in [3.05, 3.63) is 0 Å². The largest absolute Gasteiger partial charge is 0.462 e. The summed E-state index contributed by atoms with van der Waals surface area (Å²) in [4.78, 5) is 38.2. The summed E-state index contributed by atoms with van der Waals surface area (Å²) in [6.45, 7) is 6.73. The van der Waals surface area contributed by atoms with Gasteiger partial charge in [-0.15, -0.1) is 0 Å². The fourth-order valence-corrected chi connectivity index (χ4v) is 9.68. The second-order valence-electron chi connectivity index (χ2n) is 21.3. The van der Waals surface area contributed by atoms with E-state index in [1.807, 2.05) is 0 Å². The number of carbonyl (C=O) groups is 3. The summed E-state index contributed by atoms with van der Waals surface area (Å²) in [5.41, 5.74) is 0. The van der Waals surface area contributed by atoms with E-state index in [2.05, 4.69) is 20.8 Å². The van der Waals surface area contributed by atoms with Gasteiger partial charge < -0.3 is 14.2 Å². The Morgan fingerprint density at radius 1 is 0.235 bits per heavy atom. The predicted molar refractivity (Wildman–Crippen MR) is 294 cm³/mol. The Morgan fingerprint density at radius 2 is 0.397 bits per heavy atom. The minimum Gasteiger partial charge on any atom is -0.462 e. The number of ether oxygens (including phenoxy) is 3. The van der Waals surface area contributed by atoms with Crippen molar-refractivity contribution in [2.45, 2.75) is 367 Å². The lowest BCUT2D eigenvalue weighted by atomic mass is 10.0. The molecule has 0 amide bonds. The monoisotopic (exact) mass is 961 g/mol. The average molecular weight is 962 g/mol. The fraction of sp³-hybridized carbons (Fsp3) is 0.952. The van der Waals surface area contributed by atoms with Crippen LogP contribution in [0, 0.1) is 0 Å². The maximum Gasteiger partial charge on any atom is 0.306 e. The zero-order valence-electron chi connectivity index (χ0n) is 46.4. The molecule has 0 aliphatic heterocycles. The molecule has 0 aliphatic rings. The Morgan fingerprint density at radius 3 is 0.588 bits per heavy atom. The molecule has 0 radical (unpaired) electrons. The Bertz CT molecular complexity index is 1010. The highest BCUT2D eigenvalue weighted by molar-refractivity contribution is 5.71. The highest BCUT2D eigenvalue weighted by Gasteiger charge is 2.19. The van der Waals surface area contributed by atoms with Crippen LogP contribution in [0.4, 0.5) is 0 Å². The zero-order chi connectivity index (χ0) is 49.3. The quantitative estimate of drug-likeness (QED) is 0.0343. The summed E-state index contributed by atoms with van der Waals surface area (Å²) in [5.74, 6) is -0.826. The topological polar surface area (TPSA) is 78.9 Å². The van der Waals surface area contributed by atoms with E-state index in [4.69, 9.17) is 14.2 Å². The Labute approximate surface area is 425 Å². The summed E-state index contributed by atoms with van der Waals surface area (Å²) < 4.78 is 16.9. The summed E-state index contributed by atoms with van der Waals surface area (Å²) in [5, 5.41) is 0. The number of hydrogen-bond acceptors (Lipinski definition) is 6. The molecule has 1 unspecified atom stereocenters. The van der Waals surface area contributed by atoms with Crippen LogP contribution in [0.15, 0.2) is 0 Å². The molecule has 0 aromatic carbocycles. The van der Waals surface area contributed by atoms with Crippen LogP contribution in [-0.4, -0.2) is 37.2 Å². The molecule has 6 nitrogen and oxygen atoms in total. The van der Waals surface area contributed by atoms with Crippen molar-refractivity contribution in [1.29, 1.82) is 0 Å². The summed E-state index contributed by atoms with van der Waals surface area (Å²) >= 11 is 0. The smallest absolute Gasteiger partial charge is 0.306 e. The van der Waals surface area contributed by atoms with Crippen molar-refractivity contribution in [3.63, 3.8) is 0 Å². The molecule has 0 fully saturated rings. The normalized spacial score (nSPS) is 11.9. The Balaban J connectivity index is 4.28. The minimum atomic E-state index is -0.762. The maximum atomic E-state index is 12.9. The van der Waals surface area contributed by atoms with Crippen molar-refractivity contribution in [3.8, 4) is 0 Å². The van der Waals surface area contributed by atoms with Gasteiger partial charge in [0, 0.05) is 19.3 Å². The fourth-order valence-electron chi connectivity index (χ4n) is 9.68. The van der Waals surface area contributed by atoms with Gasteiger partial charge in [-0.25, -0.2) is 0 Å². The number of carbonyl (C=O) groups excluding carboxylic acids is 3. The van der Waals surface area contributed by atoms with Crippen LogP contribution in [0.1, 0.15) is 361 Å². The van der Waals surface area contributed by atoms with Crippen molar-refractivity contribution < 1.29 is 28.6 Å². The van der Waals surface area contributed by atoms with E-state index in [9.17, 15) is 14.4 Å². The van der Waals surface area contributed by atoms with E-state index in [1.54, 1.807) is 0 Å². The molecule has 0 bridgehead atoms. The van der Waals surface area contributed by atoms with Gasteiger partial charge in [-0.1, -0.05) is 323 Å². The van der Waals surface area contributed by atoms with Gasteiger partial charge in [-0.05, 0) is 19.3 Å². The van der Waals surface area contributed by atoms with Gasteiger partial charge in [0.25, 0.3) is 0 Å². The zero-order valence-corrected chi connectivity index (χ0v) is 46.4. The molecule has 0 N–H and O–H groups in total. The third kappa shape index (κ3) is 55.3. The van der Waals surface area contributed by atoms with Crippen LogP contribution < -0.4 is 0 Å². The number of hydrogen-bond donors (Lipinski definition) is 0. The molecule has 0 saturated heterocycles. The number of rotatable bonds is 58. The van der Waals surface area contributed by atoms with Gasteiger partial charge >= 0.3 is 17.9 Å². The van der Waals surface area contributed by atoms with Gasteiger partial charge in [-0.2, -0.15) is 0 Å². The van der Waals surface area contributed by atoms with Crippen LogP contribution in [0.5, 0.6) is 0 Å². The first-order valence-electron chi connectivity index (χ1n) is 31.0. The van der Waals surface area contributed by atoms with Gasteiger partial charge in [-0.3, -0.25) is 14.4 Å². The summed E-state index contributed by atoms with van der Waals surface area (Å²) in [6, 6.07) is 0. The molecule has 0 heterocycles. The third-order valence-corrected chi connectivity index (χ3v) is 14.4. The summed E-state index contributed by atoms with van der Waals surface area (Å²) in [6.07, 6.45) is 65.3. The molecule has 404 valence electrons. The van der Waals surface area contributed by atoms with Crippen molar-refractivity contribution >= 4 is 17.9 Å². The molecule has 0 rings (SSSR count). The molecule has 0 saturated carbocycles. The third-order valence-electron chi connectivity index (χ3n) is 14.4. The van der Waals surface area contributed by atoms with Gasteiger partial charge in [0.1, 0.15) is 13.2 Å². The van der Waals surface area contributed by atoms with Crippen LogP contribution in [-0.2, 0) is 28.6 Å². The lowest BCUT2D eigenvalue weighted by Crippen LogP contribution is -2.30. The highest BCUT2D eigenvalue weighted by atomic mass is 16.6. The Kier molecular flexibility index (Phi) is 56.6. The van der Waals surface area contributed by atoms with E-state index in [-0.39, 0.29) is 31.1 Å². The van der Waals surface area contributed by atoms with Gasteiger partial charge in [0.15, 0.2) is 6.10 Å². The molecule has 0 aliphatic carbocycles. The molecule has 0 aromatic rings. The molecule has 1 atom stereocenters. The van der Waals surface area contributed by atoms with Crippen LogP contribution in [0.2, 0.25) is 0 Å². The lowest BCUT2D eigenvalue weighted by molar-refractivity contribution is -0.167. The van der Waals surface area contributed by atoms with E-state index in [1.165, 1.54) is 263 Å². The first-order valence-corrected chi connectivity index (χ1v) is 31.0. The molecule has 6 heteroatoms. The van der Waals surface area contributed by atoms with Crippen molar-refractivity contribution in [1.82, 2.24) is 0 Å². The Hall–Kier alpha value is -1.59. The van der Waals surface area contributed by atoms with Gasteiger partial charge in [0.2, 0.25) is 0 Å². The molecular formula is C62H120O6. The maximum absolute atomic E-state index is 12.9. The van der Waals surface area contributed by atoms with Crippen molar-refractivity contribution in [2.24, 2.45) is 0 Å². The van der Waals surface area contributed by atoms with E-state index in [0.29, 0.717) is 19.3 Å². The van der Waals surface area contributed by atoms with E-state index >= 15 is 0 Å². The van der Waals surface area contributed by atoms with Crippen LogP contribution >= 0.6 is 0 Å². The minimum absolute atomic E-state index is 0.0606. The summed E-state index contributed by atoms with van der Waals surface area (Å²) in [7, 11) is 0. The first-order chi connectivity index (χ1) is 33.5. The first kappa shape index (κ1) is 66.4. The molecule has 0 aromatic heterocycles. The van der Waals surface area contributed by atoms with Crippen LogP contribution in [0.3, 0.4) is 0 Å². The highest BCUT2D eigenvalue weighted by Crippen LogP contribution is 2.18. The van der Waals surface area contributed by atoms with E-state index in [0.717, 1.165) is 57.8 Å². The van der Waals surface area contributed by atoms with Crippen molar-refractivity contribution in [2.75, 3.05) is 13.2 Å². The standard InChI is InChI=1S/C62H120O6/c1-4-7-10-13-16-19-22-25-28-30-32-34-37-40-43-46-49-52-55-61(64)67-58-59(57-66-60(63)54-51-48-45-42-39-36-33-27-24-21-18-15-12-9-6-3)68-62(65)56-53-50-47-44-41-38-35-31-29-26-23-20-17-14-11-8-5-2/h59H,4-58H2,1-3H3. The number of unbranched alkanes of at least 4 members (excludes halogenated alkanes) is 47. The average Bonchev–Trinajstić information content (AvgIpc) is 3.34. The molecule has 0 spiro atoms. The second kappa shape index (κ2) is 58.0. The SMILES string of the molecule is CCCCCCCCCCCCCCCCCCCCC(=O)OCC(COC(=O)CCCCCCCCCCCCCCCCC)OC(=O)CCCCCCCCCCCCCCCCCCC. The van der Waals surface area contributed by atoms with Gasteiger partial charge in [0.05, 0.1) is 0 Å². The second-order valence-corrected chi connectivity index (χ2v) is 21.3. The van der Waals surface area contributed by atoms with Crippen LogP contribution in [0.25, 0.3) is 0 Å². The predicted octanol–water partition coefficient (Wildman–Crippen LogP) is 20.7. The van der Waals surface area contributed by atoms with E-state index < -0.39 is 6.10 Å². The molecular weight excluding hydrogens is 841 g/mol. The molecule has 68 heavy (non-hydrogen) atoms. The number of esters is 3.